The van der Waals surface area contributed by atoms with Crippen molar-refractivity contribution < 1.29 is 4.79 Å². The number of carbonyl (C=O) groups excluding carboxylic acids is 1. The third kappa shape index (κ3) is 3.00. The van der Waals surface area contributed by atoms with Gasteiger partial charge in [-0.05, 0) is 66.8 Å². The number of rotatable bonds is 2. The van der Waals surface area contributed by atoms with Crippen LogP contribution in [0.3, 0.4) is 0 Å². The van der Waals surface area contributed by atoms with Crippen molar-refractivity contribution in [3.8, 4) is 6.07 Å². The van der Waals surface area contributed by atoms with Crippen LogP contribution in [0, 0.1) is 11.3 Å². The van der Waals surface area contributed by atoms with E-state index >= 15 is 0 Å². The van der Waals surface area contributed by atoms with Crippen LogP contribution in [-0.4, -0.2) is 11.9 Å². The minimum absolute atomic E-state index is 0.137. The number of benzene rings is 2. The second-order valence-electron chi connectivity index (χ2n) is 5.63. The third-order valence-electron chi connectivity index (χ3n) is 4.01. The van der Waals surface area contributed by atoms with Crippen molar-refractivity contribution in [2.24, 2.45) is 5.73 Å². The van der Waals surface area contributed by atoms with Crippen LogP contribution in [0.1, 0.15) is 33.5 Å². The van der Waals surface area contributed by atoms with E-state index in [9.17, 15) is 4.79 Å². The first-order valence-corrected chi connectivity index (χ1v) is 7.34. The van der Waals surface area contributed by atoms with Crippen molar-refractivity contribution in [2.45, 2.75) is 25.3 Å². The Morgan fingerprint density at radius 3 is 2.68 bits per heavy atom. The van der Waals surface area contributed by atoms with Gasteiger partial charge in [-0.3, -0.25) is 4.79 Å². The van der Waals surface area contributed by atoms with Crippen molar-refractivity contribution in [3.05, 3.63) is 64.7 Å². The van der Waals surface area contributed by atoms with Gasteiger partial charge in [0.15, 0.2) is 0 Å². The number of hydrogen-bond donors (Lipinski definition) is 2. The zero-order valence-corrected chi connectivity index (χ0v) is 12.2. The van der Waals surface area contributed by atoms with Crippen molar-refractivity contribution in [1.29, 1.82) is 5.26 Å². The zero-order valence-electron chi connectivity index (χ0n) is 12.2. The molecule has 0 radical (unpaired) electrons. The van der Waals surface area contributed by atoms with Crippen LogP contribution >= 0.6 is 0 Å². The van der Waals surface area contributed by atoms with Gasteiger partial charge in [-0.2, -0.15) is 5.26 Å². The molecule has 0 aromatic heterocycles. The predicted octanol–water partition coefficient (Wildman–Crippen LogP) is 2.63. The van der Waals surface area contributed by atoms with Gasteiger partial charge < -0.3 is 11.1 Å². The van der Waals surface area contributed by atoms with E-state index in [1.54, 1.807) is 24.3 Å². The summed E-state index contributed by atoms with van der Waals surface area (Å²) >= 11 is 0. The smallest absolute Gasteiger partial charge is 0.255 e. The molecule has 4 nitrogen and oxygen atoms in total. The molecule has 1 amide bonds. The van der Waals surface area contributed by atoms with Crippen LogP contribution in [-0.2, 0) is 12.8 Å². The van der Waals surface area contributed by atoms with Crippen LogP contribution in [0.4, 0.5) is 5.69 Å². The fraction of sp³-hybridized carbons (Fsp3) is 0.222. The number of carbonyl (C=O) groups is 1. The molecule has 22 heavy (non-hydrogen) atoms. The maximum atomic E-state index is 12.3. The van der Waals surface area contributed by atoms with Gasteiger partial charge in [0.2, 0.25) is 0 Å². The second kappa shape index (κ2) is 6.00. The Labute approximate surface area is 129 Å². The molecule has 0 aliphatic heterocycles. The van der Waals surface area contributed by atoms with Gasteiger partial charge in [0, 0.05) is 17.3 Å². The fourth-order valence-corrected chi connectivity index (χ4v) is 2.76. The summed E-state index contributed by atoms with van der Waals surface area (Å²) in [4.78, 5) is 12.3. The van der Waals surface area contributed by atoms with Crippen molar-refractivity contribution in [2.75, 3.05) is 5.32 Å². The minimum Gasteiger partial charge on any atom is -0.327 e. The molecule has 0 saturated heterocycles. The molecular weight excluding hydrogens is 274 g/mol. The first-order valence-electron chi connectivity index (χ1n) is 7.34. The molecular formula is C18H17N3O. The Kier molecular flexibility index (Phi) is 3.90. The first-order chi connectivity index (χ1) is 10.7. The number of anilines is 1. The Bertz CT molecular complexity index is 744. The maximum Gasteiger partial charge on any atom is 0.255 e. The Hall–Kier alpha value is -2.64. The second-order valence-corrected chi connectivity index (χ2v) is 5.63. The molecule has 1 aliphatic carbocycles. The highest BCUT2D eigenvalue weighted by molar-refractivity contribution is 6.04. The van der Waals surface area contributed by atoms with Gasteiger partial charge >= 0.3 is 0 Å². The summed E-state index contributed by atoms with van der Waals surface area (Å²) < 4.78 is 0. The summed E-state index contributed by atoms with van der Waals surface area (Å²) in [6.45, 7) is 0. The third-order valence-corrected chi connectivity index (χ3v) is 4.01. The number of nitriles is 1. The van der Waals surface area contributed by atoms with Crippen LogP contribution in [0.2, 0.25) is 0 Å². The summed E-state index contributed by atoms with van der Waals surface area (Å²) in [5.41, 5.74) is 10.3. The summed E-state index contributed by atoms with van der Waals surface area (Å²) in [6.07, 6.45) is 2.77. The lowest BCUT2D eigenvalue weighted by molar-refractivity contribution is 0.102. The lowest BCUT2D eigenvalue weighted by Crippen LogP contribution is -2.28. The highest BCUT2D eigenvalue weighted by Crippen LogP contribution is 2.22. The molecule has 0 unspecified atom stereocenters. The van der Waals surface area contributed by atoms with Crippen molar-refractivity contribution >= 4 is 11.6 Å². The maximum absolute atomic E-state index is 12.3. The molecule has 110 valence electrons. The number of fused-ring (bicyclic) bond motifs is 1. The van der Waals surface area contributed by atoms with Gasteiger partial charge in [-0.1, -0.05) is 6.07 Å². The van der Waals surface area contributed by atoms with Crippen LogP contribution in [0.15, 0.2) is 42.5 Å². The zero-order chi connectivity index (χ0) is 15.5. The van der Waals surface area contributed by atoms with Crippen molar-refractivity contribution in [3.63, 3.8) is 0 Å². The minimum atomic E-state index is -0.137. The van der Waals surface area contributed by atoms with Gasteiger partial charge in [0.1, 0.15) is 0 Å². The van der Waals surface area contributed by atoms with E-state index in [-0.39, 0.29) is 11.9 Å². The van der Waals surface area contributed by atoms with Gasteiger partial charge in [0.25, 0.3) is 5.91 Å². The number of aryl methyl sites for hydroxylation is 1. The Morgan fingerprint density at radius 1 is 1.18 bits per heavy atom. The number of nitrogens with two attached hydrogens (primary N) is 1. The van der Waals surface area contributed by atoms with E-state index in [1.807, 2.05) is 18.2 Å². The number of amides is 1. The molecule has 0 heterocycles. The van der Waals surface area contributed by atoms with Crippen LogP contribution in [0.5, 0.6) is 0 Å². The summed E-state index contributed by atoms with van der Waals surface area (Å²) in [6, 6.07) is 14.9. The average Bonchev–Trinajstić information content (AvgIpc) is 2.55. The number of nitrogens with zero attached hydrogens (tertiary/aromatic N) is 1. The summed E-state index contributed by atoms with van der Waals surface area (Å²) in [5, 5.41) is 11.6. The van der Waals surface area contributed by atoms with E-state index in [4.69, 9.17) is 11.0 Å². The topological polar surface area (TPSA) is 78.9 Å². The van der Waals surface area contributed by atoms with Crippen LogP contribution in [0.25, 0.3) is 0 Å². The van der Waals surface area contributed by atoms with E-state index in [0.29, 0.717) is 16.8 Å². The lowest BCUT2D eigenvalue weighted by Gasteiger charge is -2.21. The molecule has 0 fully saturated rings. The molecule has 3 rings (SSSR count). The highest BCUT2D eigenvalue weighted by atomic mass is 16.1. The van der Waals surface area contributed by atoms with Gasteiger partial charge in [0.05, 0.1) is 11.6 Å². The van der Waals surface area contributed by atoms with E-state index in [2.05, 4.69) is 11.4 Å². The standard InChI is InChI=1S/C18H17N3O/c19-11-12-1-7-17(8-2-12)21-18(22)15-4-3-14-10-16(20)6-5-13(14)9-15/h1-4,7-9,16H,5-6,10,20H2,(H,21,22)/t16-/m0/s1. The molecule has 4 heteroatoms. The monoisotopic (exact) mass is 291 g/mol. The SMILES string of the molecule is N#Cc1ccc(NC(=O)c2ccc3c(c2)CC[C@H](N)C3)cc1. The van der Waals surface area contributed by atoms with E-state index < -0.39 is 0 Å². The molecule has 1 aliphatic rings. The fourth-order valence-electron chi connectivity index (χ4n) is 2.76. The number of nitrogens with one attached hydrogen (secondary N) is 1. The molecule has 3 N–H and O–H groups in total. The molecule has 0 saturated carbocycles. The lowest BCUT2D eigenvalue weighted by atomic mass is 9.87. The molecule has 1 atom stereocenters. The highest BCUT2D eigenvalue weighted by Gasteiger charge is 2.17. The van der Waals surface area contributed by atoms with Gasteiger partial charge in [-0.25, -0.2) is 0 Å². The molecule has 0 bridgehead atoms. The average molecular weight is 291 g/mol. The number of hydrogen-bond acceptors (Lipinski definition) is 3. The first kappa shape index (κ1) is 14.3. The summed E-state index contributed by atoms with van der Waals surface area (Å²) in [7, 11) is 0. The van der Waals surface area contributed by atoms with Crippen LogP contribution < -0.4 is 11.1 Å². The normalized spacial score (nSPS) is 16.5. The van der Waals surface area contributed by atoms with Crippen molar-refractivity contribution in [1.82, 2.24) is 0 Å². The summed E-state index contributed by atoms with van der Waals surface area (Å²) in [5.74, 6) is -0.137. The van der Waals surface area contributed by atoms with E-state index in [0.717, 1.165) is 19.3 Å². The molecule has 0 spiro atoms. The quantitative estimate of drug-likeness (QED) is 0.892. The largest absolute Gasteiger partial charge is 0.327 e. The van der Waals surface area contributed by atoms with Gasteiger partial charge in [-0.15, -0.1) is 0 Å². The Balaban J connectivity index is 1.76. The predicted molar refractivity (Wildman–Crippen MR) is 85.6 cm³/mol. The van der Waals surface area contributed by atoms with E-state index in [1.165, 1.54) is 11.1 Å². The molecule has 2 aromatic rings. The Morgan fingerprint density at radius 2 is 1.95 bits per heavy atom. The molecule has 2 aromatic carbocycles.